The van der Waals surface area contributed by atoms with Crippen molar-refractivity contribution >= 4 is 5.78 Å². The monoisotopic (exact) mass is 322 g/mol. The molecule has 0 N–H and O–H groups in total. The van der Waals surface area contributed by atoms with E-state index in [1.165, 1.54) is 12.0 Å². The van der Waals surface area contributed by atoms with Crippen LogP contribution in [0.2, 0.25) is 0 Å². The van der Waals surface area contributed by atoms with Crippen LogP contribution in [0, 0.1) is 5.92 Å². The summed E-state index contributed by atoms with van der Waals surface area (Å²) < 4.78 is 6.40. The van der Waals surface area contributed by atoms with Gasteiger partial charge in [-0.3, -0.25) is 4.79 Å². The smallest absolute Gasteiger partial charge is 0.165 e. The van der Waals surface area contributed by atoms with Gasteiger partial charge in [-0.1, -0.05) is 80.4 Å². The van der Waals surface area contributed by atoms with E-state index < -0.39 is 0 Å². The van der Waals surface area contributed by atoms with E-state index >= 15 is 0 Å². The normalized spacial score (nSPS) is 23.8. The Morgan fingerprint density at radius 2 is 1.75 bits per heavy atom. The average Bonchev–Trinajstić information content (AvgIpc) is 2.62. The number of ketones is 1. The summed E-state index contributed by atoms with van der Waals surface area (Å²) in [5.41, 5.74) is 1.64. The molecular weight excluding hydrogens is 296 g/mol. The Morgan fingerprint density at radius 3 is 2.42 bits per heavy atom. The SMILES string of the molecule is CC1CCCC(CC(=O)c2ccccc2)(OCc2ccccc2)C1. The maximum absolute atomic E-state index is 12.8. The third kappa shape index (κ3) is 4.33. The Bertz CT molecular complexity index is 650. The van der Waals surface area contributed by atoms with Gasteiger partial charge in [0.05, 0.1) is 12.2 Å². The van der Waals surface area contributed by atoms with E-state index in [1.54, 1.807) is 0 Å². The lowest BCUT2D eigenvalue weighted by Gasteiger charge is -2.39. The first kappa shape index (κ1) is 16.9. The van der Waals surface area contributed by atoms with E-state index in [0.717, 1.165) is 24.8 Å². The van der Waals surface area contributed by atoms with Gasteiger partial charge in [-0.15, -0.1) is 0 Å². The summed E-state index contributed by atoms with van der Waals surface area (Å²) in [6, 6.07) is 19.8. The van der Waals surface area contributed by atoms with Crippen molar-refractivity contribution in [3.8, 4) is 0 Å². The largest absolute Gasteiger partial charge is 0.370 e. The number of carbonyl (C=O) groups is 1. The topological polar surface area (TPSA) is 26.3 Å². The first-order chi connectivity index (χ1) is 11.7. The fraction of sp³-hybridized carbons (Fsp3) is 0.409. The molecule has 0 heterocycles. The highest BCUT2D eigenvalue weighted by atomic mass is 16.5. The highest BCUT2D eigenvalue weighted by molar-refractivity contribution is 5.96. The maximum Gasteiger partial charge on any atom is 0.165 e. The fourth-order valence-corrected chi connectivity index (χ4v) is 3.78. The average molecular weight is 322 g/mol. The molecule has 2 unspecified atom stereocenters. The highest BCUT2D eigenvalue weighted by Crippen LogP contribution is 2.39. The molecular formula is C22H26O2. The van der Waals surface area contributed by atoms with Gasteiger partial charge in [0.15, 0.2) is 5.78 Å². The van der Waals surface area contributed by atoms with Gasteiger partial charge in [-0.05, 0) is 24.3 Å². The van der Waals surface area contributed by atoms with Crippen molar-refractivity contribution in [3.63, 3.8) is 0 Å². The van der Waals surface area contributed by atoms with Crippen molar-refractivity contribution in [2.24, 2.45) is 5.92 Å². The van der Waals surface area contributed by atoms with Crippen LogP contribution in [0.25, 0.3) is 0 Å². The van der Waals surface area contributed by atoms with Crippen LogP contribution in [0.4, 0.5) is 0 Å². The van der Waals surface area contributed by atoms with Crippen molar-refractivity contribution < 1.29 is 9.53 Å². The molecule has 2 atom stereocenters. The van der Waals surface area contributed by atoms with Crippen molar-refractivity contribution in [3.05, 3.63) is 71.8 Å². The summed E-state index contributed by atoms with van der Waals surface area (Å²) in [6.45, 7) is 2.85. The number of ether oxygens (including phenoxy) is 1. The zero-order valence-electron chi connectivity index (χ0n) is 14.4. The molecule has 2 aromatic carbocycles. The summed E-state index contributed by atoms with van der Waals surface area (Å²) in [4.78, 5) is 12.8. The summed E-state index contributed by atoms with van der Waals surface area (Å²) in [5, 5.41) is 0. The zero-order valence-corrected chi connectivity index (χ0v) is 14.4. The second kappa shape index (κ2) is 7.76. The Balaban J connectivity index is 1.74. The molecule has 1 saturated carbocycles. The molecule has 1 aliphatic carbocycles. The minimum absolute atomic E-state index is 0.192. The second-order valence-electron chi connectivity index (χ2n) is 7.12. The maximum atomic E-state index is 12.8. The minimum atomic E-state index is -0.319. The van der Waals surface area contributed by atoms with Gasteiger partial charge in [0, 0.05) is 12.0 Å². The predicted molar refractivity (Wildman–Crippen MR) is 97.0 cm³/mol. The van der Waals surface area contributed by atoms with Gasteiger partial charge in [-0.2, -0.15) is 0 Å². The molecule has 0 saturated heterocycles. The molecule has 24 heavy (non-hydrogen) atoms. The van der Waals surface area contributed by atoms with Crippen LogP contribution in [-0.4, -0.2) is 11.4 Å². The van der Waals surface area contributed by atoms with E-state index in [1.807, 2.05) is 48.5 Å². The lowest BCUT2D eigenvalue weighted by molar-refractivity contribution is -0.0897. The molecule has 2 aromatic rings. The van der Waals surface area contributed by atoms with Crippen LogP contribution in [0.1, 0.15) is 54.9 Å². The van der Waals surface area contributed by atoms with Crippen LogP contribution in [0.5, 0.6) is 0 Å². The first-order valence-corrected chi connectivity index (χ1v) is 8.93. The summed E-state index contributed by atoms with van der Waals surface area (Å²) >= 11 is 0. The molecule has 0 aromatic heterocycles. The minimum Gasteiger partial charge on any atom is -0.370 e. The molecule has 0 radical (unpaired) electrons. The first-order valence-electron chi connectivity index (χ1n) is 8.93. The summed E-state index contributed by atoms with van der Waals surface area (Å²) in [6.07, 6.45) is 4.79. The Hall–Kier alpha value is -1.93. The number of carbonyl (C=O) groups excluding carboxylic acids is 1. The molecule has 2 heteroatoms. The molecule has 1 aliphatic rings. The van der Waals surface area contributed by atoms with Crippen LogP contribution >= 0.6 is 0 Å². The number of Topliss-reactive ketones (excluding diaryl/α,β-unsaturated/α-hetero) is 1. The highest BCUT2D eigenvalue weighted by Gasteiger charge is 2.38. The second-order valence-corrected chi connectivity index (χ2v) is 7.12. The molecule has 3 rings (SSSR count). The molecule has 0 bridgehead atoms. The summed E-state index contributed by atoms with van der Waals surface area (Å²) in [7, 11) is 0. The van der Waals surface area contributed by atoms with Crippen molar-refractivity contribution in [2.75, 3.05) is 0 Å². The Kier molecular flexibility index (Phi) is 5.47. The van der Waals surface area contributed by atoms with E-state index in [4.69, 9.17) is 4.74 Å². The van der Waals surface area contributed by atoms with Crippen LogP contribution in [-0.2, 0) is 11.3 Å². The zero-order chi connectivity index (χ0) is 16.8. The Morgan fingerprint density at radius 1 is 1.08 bits per heavy atom. The van der Waals surface area contributed by atoms with Gasteiger partial charge in [0.25, 0.3) is 0 Å². The van der Waals surface area contributed by atoms with Gasteiger partial charge in [0.1, 0.15) is 0 Å². The number of rotatable bonds is 6. The molecule has 2 nitrogen and oxygen atoms in total. The van der Waals surface area contributed by atoms with Gasteiger partial charge in [0.2, 0.25) is 0 Å². The lowest BCUT2D eigenvalue weighted by Crippen LogP contribution is -2.39. The third-order valence-corrected chi connectivity index (χ3v) is 5.02. The van der Waals surface area contributed by atoms with Gasteiger partial charge < -0.3 is 4.74 Å². The van der Waals surface area contributed by atoms with Gasteiger partial charge in [-0.25, -0.2) is 0 Å². The Labute approximate surface area is 144 Å². The van der Waals surface area contributed by atoms with Crippen molar-refractivity contribution in [2.45, 2.75) is 51.2 Å². The van der Waals surface area contributed by atoms with E-state index in [0.29, 0.717) is 18.9 Å². The molecule has 0 spiro atoms. The fourth-order valence-electron chi connectivity index (χ4n) is 3.78. The molecule has 0 aliphatic heterocycles. The predicted octanol–water partition coefficient (Wildman–Crippen LogP) is 5.43. The molecule has 126 valence electrons. The lowest BCUT2D eigenvalue weighted by atomic mass is 9.75. The number of hydrogen-bond donors (Lipinski definition) is 0. The number of benzene rings is 2. The van der Waals surface area contributed by atoms with E-state index in [2.05, 4.69) is 19.1 Å². The van der Waals surface area contributed by atoms with E-state index in [9.17, 15) is 4.79 Å². The van der Waals surface area contributed by atoms with E-state index in [-0.39, 0.29) is 11.4 Å². The van der Waals surface area contributed by atoms with Crippen molar-refractivity contribution in [1.82, 2.24) is 0 Å². The van der Waals surface area contributed by atoms with Gasteiger partial charge >= 0.3 is 0 Å². The quantitative estimate of drug-likeness (QED) is 0.663. The molecule has 1 fully saturated rings. The van der Waals surface area contributed by atoms with Crippen molar-refractivity contribution in [1.29, 1.82) is 0 Å². The van der Waals surface area contributed by atoms with Crippen LogP contribution < -0.4 is 0 Å². The third-order valence-electron chi connectivity index (χ3n) is 5.02. The van der Waals surface area contributed by atoms with Crippen LogP contribution in [0.15, 0.2) is 60.7 Å². The number of hydrogen-bond acceptors (Lipinski definition) is 2. The summed E-state index contributed by atoms with van der Waals surface area (Å²) in [5.74, 6) is 0.802. The standard InChI is InChI=1S/C22H26O2/c1-18-9-8-14-22(15-18,24-17-19-10-4-2-5-11-19)16-21(23)20-12-6-3-7-13-20/h2-7,10-13,18H,8-9,14-17H2,1H3. The molecule has 0 amide bonds. The van der Waals surface area contributed by atoms with Crippen LogP contribution in [0.3, 0.4) is 0 Å².